The van der Waals surface area contributed by atoms with Crippen LogP contribution in [0.5, 0.6) is 0 Å². The minimum atomic E-state index is 0.311. The van der Waals surface area contributed by atoms with Gasteiger partial charge in [-0.3, -0.25) is 4.99 Å². The van der Waals surface area contributed by atoms with Gasteiger partial charge in [0.2, 0.25) is 0 Å². The fraction of sp³-hybridized carbons (Fsp3) is 0.462. The Kier molecular flexibility index (Phi) is 4.99. The van der Waals surface area contributed by atoms with Gasteiger partial charge < -0.3 is 10.2 Å². The Bertz CT molecular complexity index is 330. The lowest BCUT2D eigenvalue weighted by Crippen LogP contribution is -2.24. The molecule has 0 aromatic heterocycles. The van der Waals surface area contributed by atoms with E-state index in [4.69, 9.17) is 0 Å². The Balaban J connectivity index is 2.51. The van der Waals surface area contributed by atoms with E-state index < -0.39 is 0 Å². The molecule has 16 heavy (non-hydrogen) atoms. The van der Waals surface area contributed by atoms with Crippen molar-refractivity contribution in [2.75, 3.05) is 26.0 Å². The third-order valence-electron chi connectivity index (χ3n) is 2.14. The van der Waals surface area contributed by atoms with Crippen LogP contribution in [0.3, 0.4) is 0 Å². The van der Waals surface area contributed by atoms with Gasteiger partial charge in [0.25, 0.3) is 0 Å². The van der Waals surface area contributed by atoms with Crippen LogP contribution in [0.15, 0.2) is 35.3 Å². The summed E-state index contributed by atoms with van der Waals surface area (Å²) in [5.41, 5.74) is 1.08. The summed E-state index contributed by atoms with van der Waals surface area (Å²) in [5.74, 6) is 0.959. The zero-order chi connectivity index (χ0) is 12.0. The molecule has 1 N–H and O–H groups in total. The zero-order valence-corrected chi connectivity index (χ0v) is 10.6. The first-order chi connectivity index (χ1) is 7.58. The van der Waals surface area contributed by atoms with Crippen molar-refractivity contribution >= 4 is 11.5 Å². The molecule has 0 saturated heterocycles. The molecule has 1 atom stereocenters. The minimum absolute atomic E-state index is 0.311. The van der Waals surface area contributed by atoms with Gasteiger partial charge in [0, 0.05) is 12.2 Å². The van der Waals surface area contributed by atoms with E-state index in [0.29, 0.717) is 6.04 Å². The van der Waals surface area contributed by atoms with E-state index in [1.807, 2.05) is 37.3 Å². The third kappa shape index (κ3) is 4.94. The summed E-state index contributed by atoms with van der Waals surface area (Å²) in [6, 6.07) is 10.4. The van der Waals surface area contributed by atoms with E-state index in [2.05, 4.69) is 36.2 Å². The molecule has 1 aromatic rings. The highest BCUT2D eigenvalue weighted by atomic mass is 15.1. The molecule has 0 aliphatic carbocycles. The number of para-hydroxylation sites is 1. The summed E-state index contributed by atoms with van der Waals surface area (Å²) in [6.07, 6.45) is 0. The predicted octanol–water partition coefficient (Wildman–Crippen LogP) is 2.47. The summed E-state index contributed by atoms with van der Waals surface area (Å²) in [6.45, 7) is 5.09. The van der Waals surface area contributed by atoms with Crippen molar-refractivity contribution in [2.24, 2.45) is 4.99 Å². The largest absolute Gasteiger partial charge is 0.344 e. The lowest BCUT2D eigenvalue weighted by atomic mass is 10.3. The van der Waals surface area contributed by atoms with Crippen LogP contribution < -0.4 is 5.32 Å². The predicted molar refractivity (Wildman–Crippen MR) is 71.2 cm³/mol. The Morgan fingerprint density at radius 1 is 1.31 bits per heavy atom. The van der Waals surface area contributed by atoms with Crippen LogP contribution in [0.1, 0.15) is 13.8 Å². The molecule has 0 bridgehead atoms. The minimum Gasteiger partial charge on any atom is -0.344 e. The topological polar surface area (TPSA) is 27.6 Å². The van der Waals surface area contributed by atoms with Crippen molar-refractivity contribution < 1.29 is 0 Å². The standard InChI is InChI=1S/C13H21N3/c1-11(10-16(3)4)14-12(2)15-13-8-6-5-7-9-13/h5-9,11H,10H2,1-4H3,(H,14,15). The summed E-state index contributed by atoms with van der Waals surface area (Å²) < 4.78 is 0. The summed E-state index contributed by atoms with van der Waals surface area (Å²) in [7, 11) is 4.12. The normalized spacial score (nSPS) is 13.9. The fourth-order valence-electron chi connectivity index (χ4n) is 1.66. The Labute approximate surface area is 98.2 Å². The summed E-state index contributed by atoms with van der Waals surface area (Å²) in [5, 5.41) is 3.28. The van der Waals surface area contributed by atoms with E-state index in [-0.39, 0.29) is 0 Å². The number of hydrogen-bond acceptors (Lipinski definition) is 2. The van der Waals surface area contributed by atoms with Gasteiger partial charge in [-0.1, -0.05) is 18.2 Å². The highest BCUT2D eigenvalue weighted by Crippen LogP contribution is 2.05. The van der Waals surface area contributed by atoms with E-state index in [9.17, 15) is 0 Å². The maximum Gasteiger partial charge on any atom is 0.0979 e. The molecule has 0 spiro atoms. The number of nitrogens with one attached hydrogen (secondary N) is 1. The van der Waals surface area contributed by atoms with Crippen LogP contribution in [-0.2, 0) is 0 Å². The van der Waals surface area contributed by atoms with Crippen molar-refractivity contribution in [3.05, 3.63) is 30.3 Å². The first-order valence-corrected chi connectivity index (χ1v) is 5.59. The Hall–Kier alpha value is -1.35. The molecule has 1 rings (SSSR count). The smallest absolute Gasteiger partial charge is 0.0979 e. The number of anilines is 1. The maximum atomic E-state index is 4.58. The first-order valence-electron chi connectivity index (χ1n) is 5.59. The molecule has 88 valence electrons. The molecule has 1 unspecified atom stereocenters. The summed E-state index contributed by atoms with van der Waals surface area (Å²) >= 11 is 0. The number of benzene rings is 1. The molecule has 0 aliphatic rings. The molecule has 0 amide bonds. The lowest BCUT2D eigenvalue weighted by Gasteiger charge is -2.14. The molecule has 0 aliphatic heterocycles. The molecule has 3 nitrogen and oxygen atoms in total. The average molecular weight is 219 g/mol. The van der Waals surface area contributed by atoms with Gasteiger partial charge in [-0.25, -0.2) is 0 Å². The average Bonchev–Trinajstić information content (AvgIpc) is 2.17. The monoisotopic (exact) mass is 219 g/mol. The van der Waals surface area contributed by atoms with Crippen molar-refractivity contribution in [1.82, 2.24) is 4.90 Å². The fourth-order valence-corrected chi connectivity index (χ4v) is 1.66. The van der Waals surface area contributed by atoms with E-state index in [1.54, 1.807) is 0 Å². The lowest BCUT2D eigenvalue weighted by molar-refractivity contribution is 0.383. The molecule has 0 fully saturated rings. The highest BCUT2D eigenvalue weighted by Gasteiger charge is 2.01. The Morgan fingerprint density at radius 3 is 2.50 bits per heavy atom. The number of nitrogens with zero attached hydrogens (tertiary/aromatic N) is 2. The van der Waals surface area contributed by atoms with Gasteiger partial charge >= 0.3 is 0 Å². The van der Waals surface area contributed by atoms with Crippen LogP contribution in [0.4, 0.5) is 5.69 Å². The highest BCUT2D eigenvalue weighted by molar-refractivity contribution is 5.93. The van der Waals surface area contributed by atoms with Gasteiger partial charge in [0.1, 0.15) is 0 Å². The molecule has 0 heterocycles. The number of rotatable bonds is 4. The van der Waals surface area contributed by atoms with Gasteiger partial charge in [-0.2, -0.15) is 0 Å². The zero-order valence-electron chi connectivity index (χ0n) is 10.6. The maximum absolute atomic E-state index is 4.58. The molecular formula is C13H21N3. The summed E-state index contributed by atoms with van der Waals surface area (Å²) in [4.78, 5) is 6.72. The number of likely N-dealkylation sites (N-methyl/N-ethyl adjacent to an activating group) is 1. The van der Waals surface area contributed by atoms with Crippen LogP contribution in [0.2, 0.25) is 0 Å². The van der Waals surface area contributed by atoms with Crippen LogP contribution in [0, 0.1) is 0 Å². The van der Waals surface area contributed by atoms with Gasteiger partial charge in [0.05, 0.1) is 11.9 Å². The number of hydrogen-bond donors (Lipinski definition) is 1. The Morgan fingerprint density at radius 2 is 1.94 bits per heavy atom. The second-order valence-electron chi connectivity index (χ2n) is 4.32. The molecule has 0 saturated carbocycles. The van der Waals surface area contributed by atoms with Crippen molar-refractivity contribution in [2.45, 2.75) is 19.9 Å². The van der Waals surface area contributed by atoms with E-state index in [0.717, 1.165) is 18.1 Å². The van der Waals surface area contributed by atoms with Gasteiger partial charge in [-0.15, -0.1) is 0 Å². The van der Waals surface area contributed by atoms with E-state index >= 15 is 0 Å². The first kappa shape index (κ1) is 12.7. The second kappa shape index (κ2) is 6.28. The van der Waals surface area contributed by atoms with Crippen LogP contribution >= 0.6 is 0 Å². The quantitative estimate of drug-likeness (QED) is 0.622. The SMILES string of the molecule is C/C(=N\C(C)CN(C)C)Nc1ccccc1. The molecule has 1 aromatic carbocycles. The van der Waals surface area contributed by atoms with Crippen molar-refractivity contribution in [1.29, 1.82) is 0 Å². The van der Waals surface area contributed by atoms with E-state index in [1.165, 1.54) is 0 Å². The molecular weight excluding hydrogens is 198 g/mol. The van der Waals surface area contributed by atoms with Gasteiger partial charge in [0.15, 0.2) is 0 Å². The number of amidine groups is 1. The van der Waals surface area contributed by atoms with Crippen molar-refractivity contribution in [3.8, 4) is 0 Å². The van der Waals surface area contributed by atoms with Gasteiger partial charge in [-0.05, 0) is 40.1 Å². The van der Waals surface area contributed by atoms with Crippen LogP contribution in [-0.4, -0.2) is 37.4 Å². The molecule has 0 radical (unpaired) electrons. The number of aliphatic imine (C=N–C) groups is 1. The second-order valence-corrected chi connectivity index (χ2v) is 4.32. The van der Waals surface area contributed by atoms with Crippen molar-refractivity contribution in [3.63, 3.8) is 0 Å². The van der Waals surface area contributed by atoms with Crippen LogP contribution in [0.25, 0.3) is 0 Å². The molecule has 3 heteroatoms. The third-order valence-corrected chi connectivity index (χ3v) is 2.14.